The van der Waals surface area contributed by atoms with Crippen LogP contribution >= 0.6 is 0 Å². The molecule has 0 atom stereocenters. The van der Waals surface area contributed by atoms with Crippen molar-refractivity contribution in [1.29, 1.82) is 0 Å². The number of nitrogens with two attached hydrogens (primary N) is 1. The lowest BCUT2D eigenvalue weighted by atomic mass is 10.1. The van der Waals surface area contributed by atoms with Gasteiger partial charge in [-0.05, 0) is 67.6 Å². The first-order valence-electron chi connectivity index (χ1n) is 9.92. The summed E-state index contributed by atoms with van der Waals surface area (Å²) in [6.45, 7) is 4.25. The first-order valence-corrected chi connectivity index (χ1v) is 11.4. The Morgan fingerprint density at radius 3 is 2.30 bits per heavy atom. The summed E-state index contributed by atoms with van der Waals surface area (Å²) >= 11 is 0. The van der Waals surface area contributed by atoms with Crippen LogP contribution in [0.1, 0.15) is 46.3 Å². The van der Waals surface area contributed by atoms with Crippen molar-refractivity contribution in [1.82, 2.24) is 9.62 Å². The van der Waals surface area contributed by atoms with Gasteiger partial charge in [0.2, 0.25) is 21.8 Å². The van der Waals surface area contributed by atoms with Crippen LogP contribution in [0.4, 0.5) is 0 Å². The van der Waals surface area contributed by atoms with Gasteiger partial charge in [0.1, 0.15) is 0 Å². The normalized spacial score (nSPS) is 13.8. The number of primary amides is 1. The zero-order valence-corrected chi connectivity index (χ0v) is 18.0. The highest BCUT2D eigenvalue weighted by atomic mass is 32.2. The summed E-state index contributed by atoms with van der Waals surface area (Å²) in [7, 11) is -3.66. The van der Waals surface area contributed by atoms with Crippen molar-refractivity contribution < 1.29 is 18.0 Å². The Morgan fingerprint density at radius 2 is 1.73 bits per heavy atom. The van der Waals surface area contributed by atoms with Crippen LogP contribution in [0.5, 0.6) is 0 Å². The summed E-state index contributed by atoms with van der Waals surface area (Å²) in [5.41, 5.74) is 8.50. The molecule has 3 rings (SSSR count). The number of rotatable bonds is 9. The van der Waals surface area contributed by atoms with Crippen molar-refractivity contribution in [2.45, 2.75) is 50.6 Å². The van der Waals surface area contributed by atoms with Crippen LogP contribution < -0.4 is 10.5 Å². The summed E-state index contributed by atoms with van der Waals surface area (Å²) in [6.07, 6.45) is 1.97. The van der Waals surface area contributed by atoms with Crippen molar-refractivity contribution in [3.05, 3.63) is 64.7 Å². The standard InChI is InChI=1S/C22H27N3O4S/c1-15-3-10-20(13-16(15)2)30(28,29)24-12-11-21(26)25(19-8-9-19)14-17-4-6-18(7-5-17)22(23)27/h3-7,10,13,19,24H,8-9,11-12,14H2,1-2H3,(H2,23,27). The minimum Gasteiger partial charge on any atom is -0.366 e. The van der Waals surface area contributed by atoms with Crippen LogP contribution in [0.25, 0.3) is 0 Å². The Morgan fingerprint density at radius 1 is 1.07 bits per heavy atom. The number of carbonyl (C=O) groups is 2. The average molecular weight is 430 g/mol. The van der Waals surface area contributed by atoms with Crippen LogP contribution in [-0.4, -0.2) is 37.7 Å². The molecule has 8 heteroatoms. The van der Waals surface area contributed by atoms with Gasteiger partial charge in [-0.3, -0.25) is 9.59 Å². The fourth-order valence-electron chi connectivity index (χ4n) is 3.18. The number of nitrogens with zero attached hydrogens (tertiary/aromatic N) is 1. The molecule has 7 nitrogen and oxygen atoms in total. The Bertz CT molecular complexity index is 1040. The first-order chi connectivity index (χ1) is 14.2. The Hall–Kier alpha value is -2.71. The number of hydrogen-bond donors (Lipinski definition) is 2. The van der Waals surface area contributed by atoms with Gasteiger partial charge in [-0.2, -0.15) is 0 Å². The molecule has 1 fully saturated rings. The molecule has 0 aliphatic heterocycles. The fraction of sp³-hybridized carbons (Fsp3) is 0.364. The van der Waals surface area contributed by atoms with Gasteiger partial charge < -0.3 is 10.6 Å². The molecule has 160 valence electrons. The maximum atomic E-state index is 12.7. The van der Waals surface area contributed by atoms with E-state index in [1.807, 2.05) is 13.8 Å². The van der Waals surface area contributed by atoms with E-state index in [1.165, 1.54) is 0 Å². The summed E-state index contributed by atoms with van der Waals surface area (Å²) in [4.78, 5) is 25.9. The maximum Gasteiger partial charge on any atom is 0.248 e. The molecule has 1 aliphatic carbocycles. The smallest absolute Gasteiger partial charge is 0.248 e. The van der Waals surface area contributed by atoms with Crippen molar-refractivity contribution in [3.8, 4) is 0 Å². The highest BCUT2D eigenvalue weighted by molar-refractivity contribution is 7.89. The molecule has 30 heavy (non-hydrogen) atoms. The second-order valence-corrected chi connectivity index (χ2v) is 9.47. The van der Waals surface area contributed by atoms with E-state index in [0.29, 0.717) is 12.1 Å². The molecule has 0 spiro atoms. The molecule has 0 unspecified atom stereocenters. The molecule has 0 saturated heterocycles. The van der Waals surface area contributed by atoms with E-state index in [1.54, 1.807) is 47.4 Å². The van der Waals surface area contributed by atoms with E-state index < -0.39 is 15.9 Å². The van der Waals surface area contributed by atoms with Crippen molar-refractivity contribution in [2.75, 3.05) is 6.54 Å². The SMILES string of the molecule is Cc1ccc(S(=O)(=O)NCCC(=O)N(Cc2ccc(C(N)=O)cc2)C2CC2)cc1C. The number of benzene rings is 2. The van der Waals surface area contributed by atoms with Gasteiger partial charge in [0.25, 0.3) is 0 Å². The van der Waals surface area contributed by atoms with Crippen molar-refractivity contribution >= 4 is 21.8 Å². The molecular formula is C22H27N3O4S. The van der Waals surface area contributed by atoms with Crippen LogP contribution in [0.2, 0.25) is 0 Å². The Labute approximate surface area is 177 Å². The first kappa shape index (κ1) is 22.0. The van der Waals surface area contributed by atoms with Gasteiger partial charge in [0.05, 0.1) is 4.90 Å². The van der Waals surface area contributed by atoms with Gasteiger partial charge in [-0.15, -0.1) is 0 Å². The Kier molecular flexibility index (Phi) is 6.58. The molecule has 0 heterocycles. The molecular weight excluding hydrogens is 402 g/mol. The van der Waals surface area contributed by atoms with E-state index >= 15 is 0 Å². The zero-order chi connectivity index (χ0) is 21.9. The fourth-order valence-corrected chi connectivity index (χ4v) is 4.30. The predicted octanol–water partition coefficient (Wildman–Crippen LogP) is 2.26. The highest BCUT2D eigenvalue weighted by Crippen LogP contribution is 2.29. The van der Waals surface area contributed by atoms with Gasteiger partial charge >= 0.3 is 0 Å². The second kappa shape index (κ2) is 8.97. The number of carbonyl (C=O) groups excluding carboxylic acids is 2. The molecule has 2 amide bonds. The monoisotopic (exact) mass is 429 g/mol. The number of amides is 2. The summed E-state index contributed by atoms with van der Waals surface area (Å²) in [5, 5.41) is 0. The van der Waals surface area contributed by atoms with Crippen LogP contribution in [-0.2, 0) is 21.4 Å². The minimum atomic E-state index is -3.66. The highest BCUT2D eigenvalue weighted by Gasteiger charge is 2.32. The number of aryl methyl sites for hydroxylation is 2. The van der Waals surface area contributed by atoms with Crippen molar-refractivity contribution in [3.63, 3.8) is 0 Å². The lowest BCUT2D eigenvalue weighted by Crippen LogP contribution is -2.35. The van der Waals surface area contributed by atoms with E-state index in [2.05, 4.69) is 4.72 Å². The molecule has 1 saturated carbocycles. The topological polar surface area (TPSA) is 110 Å². The quantitative estimate of drug-likeness (QED) is 0.637. The zero-order valence-electron chi connectivity index (χ0n) is 17.2. The molecule has 2 aromatic carbocycles. The van der Waals surface area contributed by atoms with E-state index in [4.69, 9.17) is 5.73 Å². The third kappa shape index (κ3) is 5.46. The molecule has 1 aliphatic rings. The third-order valence-corrected chi connectivity index (χ3v) is 6.78. The average Bonchev–Trinajstić information content (AvgIpc) is 3.53. The summed E-state index contributed by atoms with van der Waals surface area (Å²) in [6, 6.07) is 12.0. The number of sulfonamides is 1. The lowest BCUT2D eigenvalue weighted by Gasteiger charge is -2.23. The van der Waals surface area contributed by atoms with Crippen LogP contribution in [0.3, 0.4) is 0 Å². The lowest BCUT2D eigenvalue weighted by molar-refractivity contribution is -0.132. The maximum absolute atomic E-state index is 12.7. The molecule has 2 aromatic rings. The summed E-state index contributed by atoms with van der Waals surface area (Å²) < 4.78 is 27.5. The van der Waals surface area contributed by atoms with Crippen LogP contribution in [0, 0.1) is 13.8 Å². The van der Waals surface area contributed by atoms with Gasteiger partial charge in [0.15, 0.2) is 0 Å². The van der Waals surface area contributed by atoms with Gasteiger partial charge in [-0.25, -0.2) is 13.1 Å². The van der Waals surface area contributed by atoms with Crippen molar-refractivity contribution in [2.24, 2.45) is 5.73 Å². The van der Waals surface area contributed by atoms with Gasteiger partial charge in [-0.1, -0.05) is 18.2 Å². The Balaban J connectivity index is 1.59. The van der Waals surface area contributed by atoms with E-state index in [9.17, 15) is 18.0 Å². The molecule has 0 aromatic heterocycles. The largest absolute Gasteiger partial charge is 0.366 e. The third-order valence-electron chi connectivity index (χ3n) is 5.32. The summed E-state index contributed by atoms with van der Waals surface area (Å²) in [5.74, 6) is -0.591. The predicted molar refractivity (Wildman–Crippen MR) is 114 cm³/mol. The van der Waals surface area contributed by atoms with Gasteiger partial charge in [0, 0.05) is 31.1 Å². The van der Waals surface area contributed by atoms with Crippen LogP contribution in [0.15, 0.2) is 47.4 Å². The molecule has 0 radical (unpaired) electrons. The molecule has 0 bridgehead atoms. The number of nitrogens with one attached hydrogen (secondary N) is 1. The minimum absolute atomic E-state index is 0.0396. The second-order valence-electron chi connectivity index (χ2n) is 7.71. The van der Waals surface area contributed by atoms with E-state index in [-0.39, 0.29) is 29.8 Å². The van der Waals surface area contributed by atoms with E-state index in [0.717, 1.165) is 29.5 Å². The molecule has 3 N–H and O–H groups in total. The number of hydrogen-bond acceptors (Lipinski definition) is 4.